The van der Waals surface area contributed by atoms with Gasteiger partial charge in [0.15, 0.2) is 0 Å². The third-order valence-electron chi connectivity index (χ3n) is 1.56. The van der Waals surface area contributed by atoms with Crippen LogP contribution in [0.1, 0.15) is 0 Å². The highest BCUT2D eigenvalue weighted by atomic mass is 127. The average Bonchev–Trinajstić information content (AvgIpc) is 2.36. The number of rotatable bonds is 0. The van der Waals surface area contributed by atoms with Crippen LogP contribution in [0.25, 0.3) is 10.9 Å². The van der Waals surface area contributed by atoms with Crippen molar-refractivity contribution in [2.75, 3.05) is 5.73 Å². The number of halogens is 1. The Kier molecular flexibility index (Phi) is 1.49. The Bertz CT molecular complexity index is 357. The first-order valence-corrected chi connectivity index (χ1v) is 4.23. The molecular weight excluding hydrogens is 253 g/mol. The molecular formula is C7H6IN3. The van der Waals surface area contributed by atoms with Gasteiger partial charge in [0.05, 0.1) is 11.7 Å². The number of aromatic nitrogens is 2. The second kappa shape index (κ2) is 2.37. The van der Waals surface area contributed by atoms with Crippen molar-refractivity contribution in [3.05, 3.63) is 21.9 Å². The van der Waals surface area contributed by atoms with E-state index in [0.29, 0.717) is 0 Å². The van der Waals surface area contributed by atoms with Gasteiger partial charge >= 0.3 is 0 Å². The van der Waals surface area contributed by atoms with Gasteiger partial charge in [0.25, 0.3) is 0 Å². The minimum atomic E-state index is 0.794. The third kappa shape index (κ3) is 1.07. The van der Waals surface area contributed by atoms with E-state index < -0.39 is 0 Å². The van der Waals surface area contributed by atoms with Crippen molar-refractivity contribution in [3.63, 3.8) is 0 Å². The molecule has 1 heterocycles. The van der Waals surface area contributed by atoms with Crippen molar-refractivity contribution < 1.29 is 0 Å². The summed E-state index contributed by atoms with van der Waals surface area (Å²) in [6, 6.07) is 3.90. The first-order chi connectivity index (χ1) is 5.27. The van der Waals surface area contributed by atoms with E-state index in [1.165, 1.54) is 0 Å². The van der Waals surface area contributed by atoms with Crippen molar-refractivity contribution in [1.29, 1.82) is 0 Å². The van der Waals surface area contributed by atoms with Gasteiger partial charge in [-0.3, -0.25) is 5.10 Å². The fourth-order valence-electron chi connectivity index (χ4n) is 0.980. The topological polar surface area (TPSA) is 54.7 Å². The van der Waals surface area contributed by atoms with Crippen LogP contribution in [0.15, 0.2) is 18.3 Å². The van der Waals surface area contributed by atoms with Crippen molar-refractivity contribution in [2.45, 2.75) is 0 Å². The fraction of sp³-hybridized carbons (Fsp3) is 0. The highest BCUT2D eigenvalue weighted by Gasteiger charge is 1.99. The van der Waals surface area contributed by atoms with E-state index >= 15 is 0 Å². The van der Waals surface area contributed by atoms with Crippen LogP contribution < -0.4 is 5.73 Å². The second-order valence-electron chi connectivity index (χ2n) is 2.33. The first kappa shape index (κ1) is 6.90. The Hall–Kier alpha value is -0.780. The molecule has 0 unspecified atom stereocenters. The number of nitrogen functional groups attached to an aromatic ring is 1. The number of nitrogens with zero attached hydrogens (tertiary/aromatic N) is 1. The lowest BCUT2D eigenvalue weighted by molar-refractivity contribution is 1.12. The molecule has 0 bridgehead atoms. The Morgan fingerprint density at radius 3 is 3.09 bits per heavy atom. The number of anilines is 1. The van der Waals surface area contributed by atoms with Gasteiger partial charge in [-0.05, 0) is 34.7 Å². The van der Waals surface area contributed by atoms with E-state index in [1.807, 2.05) is 12.1 Å². The maximum absolute atomic E-state index is 5.69. The van der Waals surface area contributed by atoms with Crippen LogP contribution in [-0.4, -0.2) is 10.2 Å². The van der Waals surface area contributed by atoms with E-state index in [0.717, 1.165) is 20.2 Å². The Morgan fingerprint density at radius 1 is 1.45 bits per heavy atom. The molecule has 4 heteroatoms. The number of benzene rings is 1. The van der Waals surface area contributed by atoms with Crippen molar-refractivity contribution in [1.82, 2.24) is 10.2 Å². The zero-order chi connectivity index (χ0) is 7.84. The summed E-state index contributed by atoms with van der Waals surface area (Å²) >= 11 is 2.20. The van der Waals surface area contributed by atoms with E-state index in [1.54, 1.807) is 6.20 Å². The largest absolute Gasteiger partial charge is 0.398 e. The van der Waals surface area contributed by atoms with Crippen molar-refractivity contribution >= 4 is 39.2 Å². The van der Waals surface area contributed by atoms with Crippen LogP contribution in [0.4, 0.5) is 5.69 Å². The molecule has 0 saturated carbocycles. The molecule has 11 heavy (non-hydrogen) atoms. The summed E-state index contributed by atoms with van der Waals surface area (Å²) in [7, 11) is 0. The Labute approximate surface area is 77.1 Å². The molecule has 56 valence electrons. The highest BCUT2D eigenvalue weighted by molar-refractivity contribution is 14.1. The van der Waals surface area contributed by atoms with Crippen LogP contribution in [0.3, 0.4) is 0 Å². The predicted octanol–water partition coefficient (Wildman–Crippen LogP) is 1.75. The summed E-state index contributed by atoms with van der Waals surface area (Å²) in [6.45, 7) is 0. The monoisotopic (exact) mass is 259 g/mol. The van der Waals surface area contributed by atoms with Crippen LogP contribution >= 0.6 is 22.6 Å². The predicted molar refractivity (Wildman–Crippen MR) is 53.2 cm³/mol. The number of aromatic amines is 1. The standard InChI is InChI=1S/C7H6IN3/c8-5-1-4-3-10-11-7(4)2-6(5)9/h1-3H,9H2,(H,10,11). The summed E-state index contributed by atoms with van der Waals surface area (Å²) < 4.78 is 1.07. The zero-order valence-electron chi connectivity index (χ0n) is 5.63. The molecule has 1 aromatic carbocycles. The lowest BCUT2D eigenvalue weighted by Gasteiger charge is -1.95. The molecule has 2 rings (SSSR count). The average molecular weight is 259 g/mol. The van der Waals surface area contributed by atoms with E-state index in [4.69, 9.17) is 5.73 Å². The maximum Gasteiger partial charge on any atom is 0.0671 e. The molecule has 0 radical (unpaired) electrons. The maximum atomic E-state index is 5.69. The molecule has 1 aromatic heterocycles. The summed E-state index contributed by atoms with van der Waals surface area (Å²) in [5, 5.41) is 7.85. The third-order valence-corrected chi connectivity index (χ3v) is 2.49. The Balaban J connectivity index is 2.86. The van der Waals surface area contributed by atoms with Crippen LogP contribution in [0.2, 0.25) is 0 Å². The summed E-state index contributed by atoms with van der Waals surface area (Å²) in [5.41, 5.74) is 7.47. The molecule has 2 aromatic rings. The van der Waals surface area contributed by atoms with Gasteiger partial charge in [0, 0.05) is 14.6 Å². The molecule has 0 amide bonds. The van der Waals surface area contributed by atoms with Gasteiger partial charge < -0.3 is 5.73 Å². The highest BCUT2D eigenvalue weighted by Crippen LogP contribution is 2.20. The van der Waals surface area contributed by atoms with Gasteiger partial charge in [-0.1, -0.05) is 0 Å². The molecule has 0 fully saturated rings. The fourth-order valence-corrected chi connectivity index (χ4v) is 1.47. The van der Waals surface area contributed by atoms with Crippen LogP contribution in [-0.2, 0) is 0 Å². The Morgan fingerprint density at radius 2 is 2.27 bits per heavy atom. The molecule has 0 saturated heterocycles. The second-order valence-corrected chi connectivity index (χ2v) is 3.49. The van der Waals surface area contributed by atoms with Gasteiger partial charge in [-0.2, -0.15) is 5.10 Å². The summed E-state index contributed by atoms with van der Waals surface area (Å²) in [6.07, 6.45) is 1.79. The number of hydrogen-bond acceptors (Lipinski definition) is 2. The van der Waals surface area contributed by atoms with Crippen LogP contribution in [0, 0.1) is 3.57 Å². The molecule has 0 spiro atoms. The quantitative estimate of drug-likeness (QED) is 0.559. The molecule has 0 aliphatic carbocycles. The first-order valence-electron chi connectivity index (χ1n) is 3.15. The van der Waals surface area contributed by atoms with Gasteiger partial charge in [0.2, 0.25) is 0 Å². The van der Waals surface area contributed by atoms with Gasteiger partial charge in [-0.25, -0.2) is 0 Å². The zero-order valence-corrected chi connectivity index (χ0v) is 7.79. The van der Waals surface area contributed by atoms with E-state index in [2.05, 4.69) is 32.8 Å². The minimum absolute atomic E-state index is 0.794. The minimum Gasteiger partial charge on any atom is -0.398 e. The number of fused-ring (bicyclic) bond motifs is 1. The molecule has 0 aliphatic rings. The lowest BCUT2D eigenvalue weighted by Crippen LogP contribution is -1.87. The van der Waals surface area contributed by atoms with Crippen molar-refractivity contribution in [2.24, 2.45) is 0 Å². The number of hydrogen-bond donors (Lipinski definition) is 2. The van der Waals surface area contributed by atoms with E-state index in [-0.39, 0.29) is 0 Å². The van der Waals surface area contributed by atoms with Gasteiger partial charge in [-0.15, -0.1) is 0 Å². The van der Waals surface area contributed by atoms with E-state index in [9.17, 15) is 0 Å². The number of H-pyrrole nitrogens is 1. The summed E-state index contributed by atoms with van der Waals surface area (Å²) in [4.78, 5) is 0. The normalized spacial score (nSPS) is 10.6. The lowest BCUT2D eigenvalue weighted by atomic mass is 10.2. The summed E-state index contributed by atoms with van der Waals surface area (Å²) in [5.74, 6) is 0. The number of nitrogens with one attached hydrogen (secondary N) is 1. The number of nitrogens with two attached hydrogens (primary N) is 1. The van der Waals surface area contributed by atoms with Crippen molar-refractivity contribution in [3.8, 4) is 0 Å². The molecule has 0 atom stereocenters. The molecule has 3 N–H and O–H groups in total. The SMILES string of the molecule is Nc1cc2[nH]ncc2cc1I. The molecule has 0 aliphatic heterocycles. The van der Waals surface area contributed by atoms with Gasteiger partial charge in [0.1, 0.15) is 0 Å². The molecule has 3 nitrogen and oxygen atoms in total. The smallest absolute Gasteiger partial charge is 0.0671 e. The van der Waals surface area contributed by atoms with Crippen LogP contribution in [0.5, 0.6) is 0 Å².